The first-order valence-corrected chi connectivity index (χ1v) is 12.8. The second-order valence-corrected chi connectivity index (χ2v) is 10.7. The number of nitrogens with zero attached hydrogens (tertiary/aromatic N) is 3. The minimum absolute atomic E-state index is 0.0166. The molecular weight excluding hydrogens is 424 g/mol. The van der Waals surface area contributed by atoms with Crippen molar-refractivity contribution in [1.29, 1.82) is 0 Å². The average molecular weight is 449 g/mol. The molecule has 0 aliphatic rings. The summed E-state index contributed by atoms with van der Waals surface area (Å²) in [5, 5.41) is 8.19. The van der Waals surface area contributed by atoms with Crippen LogP contribution in [-0.4, -0.2) is 63.0 Å². The molecule has 0 atom stereocenters. The van der Waals surface area contributed by atoms with Crippen LogP contribution in [0.3, 0.4) is 0 Å². The highest BCUT2D eigenvalue weighted by atomic mass is 32.2. The summed E-state index contributed by atoms with van der Waals surface area (Å²) in [6.07, 6.45) is 0.434. The summed E-state index contributed by atoms with van der Waals surface area (Å²) >= 11 is 1.25. The molecule has 1 aromatic heterocycles. The number of sulfonamides is 2. The van der Waals surface area contributed by atoms with Gasteiger partial charge in [0.05, 0.1) is 10.6 Å². The molecule has 1 heterocycles. The van der Waals surface area contributed by atoms with Crippen LogP contribution in [0, 0.1) is 0 Å². The van der Waals surface area contributed by atoms with Crippen molar-refractivity contribution < 1.29 is 21.3 Å². The summed E-state index contributed by atoms with van der Waals surface area (Å²) in [5.74, 6) is 0.726. The smallest absolute Gasteiger partial charge is 0.276 e. The predicted molar refractivity (Wildman–Crippen MR) is 108 cm³/mol. The highest BCUT2D eigenvalue weighted by Crippen LogP contribution is 2.26. The monoisotopic (exact) mass is 448 g/mol. The maximum Gasteiger partial charge on any atom is 0.276 e. The van der Waals surface area contributed by atoms with Crippen molar-refractivity contribution >= 4 is 31.8 Å². The van der Waals surface area contributed by atoms with Gasteiger partial charge in [-0.05, 0) is 31.7 Å². The normalized spacial score (nSPS) is 12.6. The van der Waals surface area contributed by atoms with Gasteiger partial charge >= 0.3 is 0 Å². The van der Waals surface area contributed by atoms with Crippen molar-refractivity contribution in [3.63, 3.8) is 0 Å². The zero-order chi connectivity index (χ0) is 20.8. The second kappa shape index (κ2) is 9.83. The largest absolute Gasteiger partial charge is 0.411 e. The van der Waals surface area contributed by atoms with Crippen LogP contribution in [0.15, 0.2) is 38.8 Å². The molecule has 0 fully saturated rings. The van der Waals surface area contributed by atoms with Crippen LogP contribution in [0.2, 0.25) is 0 Å². The van der Waals surface area contributed by atoms with Gasteiger partial charge in [0, 0.05) is 24.4 Å². The Hall–Kier alpha value is -1.47. The lowest BCUT2D eigenvalue weighted by atomic mass is 10.2. The molecule has 1 aromatic carbocycles. The average Bonchev–Trinajstić information content (AvgIpc) is 3.15. The van der Waals surface area contributed by atoms with Crippen LogP contribution < -0.4 is 4.72 Å². The summed E-state index contributed by atoms with van der Waals surface area (Å²) in [5.41, 5.74) is 0.505. The fourth-order valence-corrected chi connectivity index (χ4v) is 5.51. The van der Waals surface area contributed by atoms with Gasteiger partial charge < -0.3 is 4.42 Å². The van der Waals surface area contributed by atoms with Gasteiger partial charge in [0.25, 0.3) is 5.22 Å². The highest BCUT2D eigenvalue weighted by molar-refractivity contribution is 7.99. The van der Waals surface area contributed by atoms with E-state index in [-0.39, 0.29) is 16.5 Å². The Balaban J connectivity index is 2.09. The van der Waals surface area contributed by atoms with Crippen molar-refractivity contribution in [2.45, 2.75) is 30.4 Å². The van der Waals surface area contributed by atoms with E-state index in [0.717, 1.165) is 0 Å². The van der Waals surface area contributed by atoms with Crippen molar-refractivity contribution in [3.8, 4) is 11.5 Å². The number of thioether (sulfide) groups is 1. The van der Waals surface area contributed by atoms with E-state index in [2.05, 4.69) is 14.9 Å². The summed E-state index contributed by atoms with van der Waals surface area (Å²) < 4.78 is 57.3. The topological polar surface area (TPSA) is 122 Å². The Kier molecular flexibility index (Phi) is 8.01. The van der Waals surface area contributed by atoms with Gasteiger partial charge in [-0.2, -0.15) is 4.31 Å². The highest BCUT2D eigenvalue weighted by Gasteiger charge is 2.22. The number of aromatic nitrogens is 2. The third-order valence-corrected chi connectivity index (χ3v) is 8.32. The lowest BCUT2D eigenvalue weighted by Crippen LogP contribution is -2.30. The van der Waals surface area contributed by atoms with Gasteiger partial charge in [-0.3, -0.25) is 0 Å². The van der Waals surface area contributed by atoms with Gasteiger partial charge in [-0.25, -0.2) is 21.6 Å². The molecule has 28 heavy (non-hydrogen) atoms. The summed E-state index contributed by atoms with van der Waals surface area (Å²) in [4.78, 5) is 0.165. The Morgan fingerprint density at radius 2 is 1.86 bits per heavy atom. The zero-order valence-corrected chi connectivity index (χ0v) is 18.4. The van der Waals surface area contributed by atoms with Crippen LogP contribution >= 0.6 is 11.8 Å². The molecule has 0 bridgehead atoms. The first-order valence-electron chi connectivity index (χ1n) is 8.71. The molecule has 156 valence electrons. The fraction of sp³-hybridized carbons (Fsp3) is 0.500. The molecule has 0 amide bonds. The van der Waals surface area contributed by atoms with E-state index in [0.29, 0.717) is 36.0 Å². The van der Waals surface area contributed by atoms with Crippen LogP contribution in [0.1, 0.15) is 20.3 Å². The molecule has 9 nitrogen and oxygen atoms in total. The molecule has 0 unspecified atom stereocenters. The number of hydrogen-bond acceptors (Lipinski definition) is 8. The quantitative estimate of drug-likeness (QED) is 0.408. The Bertz CT molecular complexity index is 985. The van der Waals surface area contributed by atoms with Crippen molar-refractivity contribution in [2.75, 3.05) is 31.6 Å². The van der Waals surface area contributed by atoms with Gasteiger partial charge in [0.1, 0.15) is 0 Å². The van der Waals surface area contributed by atoms with Gasteiger partial charge in [0.2, 0.25) is 25.9 Å². The third-order valence-electron chi connectivity index (χ3n) is 3.92. The first-order chi connectivity index (χ1) is 13.2. The van der Waals surface area contributed by atoms with E-state index >= 15 is 0 Å². The van der Waals surface area contributed by atoms with Gasteiger partial charge in [-0.1, -0.05) is 31.7 Å². The van der Waals surface area contributed by atoms with Gasteiger partial charge in [-0.15, -0.1) is 10.2 Å². The molecule has 2 rings (SSSR count). The molecule has 2 aromatic rings. The molecule has 0 aliphatic heterocycles. The number of nitrogens with one attached hydrogen (secondary N) is 1. The van der Waals surface area contributed by atoms with Crippen molar-refractivity contribution in [1.82, 2.24) is 19.2 Å². The minimum atomic E-state index is -3.58. The molecule has 0 aliphatic carbocycles. The SMILES string of the molecule is CCN(CC)S(=O)(=O)c1cccc(-c2nnc(SCCCS(=O)(=O)NC)o2)c1. The molecule has 12 heteroatoms. The lowest BCUT2D eigenvalue weighted by molar-refractivity contribution is 0.445. The zero-order valence-electron chi connectivity index (χ0n) is 16.0. The van der Waals surface area contributed by atoms with Crippen LogP contribution in [-0.2, 0) is 20.0 Å². The minimum Gasteiger partial charge on any atom is -0.411 e. The molecule has 0 radical (unpaired) electrons. The van der Waals surface area contributed by atoms with Crippen LogP contribution in [0.4, 0.5) is 0 Å². The Morgan fingerprint density at radius 1 is 1.14 bits per heavy atom. The van der Waals surface area contributed by atoms with E-state index in [4.69, 9.17) is 4.42 Å². The number of hydrogen-bond donors (Lipinski definition) is 1. The van der Waals surface area contributed by atoms with E-state index < -0.39 is 20.0 Å². The Morgan fingerprint density at radius 3 is 2.50 bits per heavy atom. The molecule has 0 saturated heterocycles. The summed E-state index contributed by atoms with van der Waals surface area (Å²) in [6, 6.07) is 6.37. The number of rotatable bonds is 11. The van der Waals surface area contributed by atoms with Crippen molar-refractivity contribution in [2.24, 2.45) is 0 Å². The summed E-state index contributed by atoms with van der Waals surface area (Å²) in [6.45, 7) is 4.34. The summed E-state index contributed by atoms with van der Waals surface area (Å²) in [7, 11) is -5.44. The second-order valence-electron chi connectivity index (χ2n) is 5.72. The molecular formula is C16H24N4O5S3. The Labute approximate surface area is 170 Å². The van der Waals surface area contributed by atoms with E-state index in [9.17, 15) is 16.8 Å². The van der Waals surface area contributed by atoms with E-state index in [1.165, 1.54) is 35.2 Å². The van der Waals surface area contributed by atoms with E-state index in [1.54, 1.807) is 26.0 Å². The lowest BCUT2D eigenvalue weighted by Gasteiger charge is -2.18. The first kappa shape index (κ1) is 22.8. The molecule has 1 N–H and O–H groups in total. The maximum absolute atomic E-state index is 12.7. The fourth-order valence-electron chi connectivity index (χ4n) is 2.40. The van der Waals surface area contributed by atoms with E-state index in [1.807, 2.05) is 0 Å². The third kappa shape index (κ3) is 5.77. The number of benzene rings is 1. The molecule has 0 saturated carbocycles. The molecule has 0 spiro atoms. The van der Waals surface area contributed by atoms with Gasteiger partial charge in [0.15, 0.2) is 0 Å². The van der Waals surface area contributed by atoms with Crippen LogP contribution in [0.5, 0.6) is 0 Å². The standard InChI is InChI=1S/C16H24N4O5S3/c1-4-20(5-2)28(23,24)14-9-6-8-13(12-14)15-18-19-16(25-15)26-10-7-11-27(21,22)17-3/h6,8-9,12,17H,4-5,7,10-11H2,1-3H3. The van der Waals surface area contributed by atoms with Crippen LogP contribution in [0.25, 0.3) is 11.5 Å². The predicted octanol–water partition coefficient (Wildman–Crippen LogP) is 1.80. The van der Waals surface area contributed by atoms with Crippen molar-refractivity contribution in [3.05, 3.63) is 24.3 Å². The maximum atomic E-state index is 12.7.